The maximum atomic E-state index is 10.4. The van der Waals surface area contributed by atoms with Gasteiger partial charge in [-0.25, -0.2) is 4.98 Å². The second-order valence-electron chi connectivity index (χ2n) is 4.01. The van der Waals surface area contributed by atoms with Crippen molar-refractivity contribution in [3.63, 3.8) is 0 Å². The fourth-order valence-electron chi connectivity index (χ4n) is 1.85. The van der Waals surface area contributed by atoms with Crippen LogP contribution in [0.5, 0.6) is 5.88 Å². The van der Waals surface area contributed by atoms with Crippen LogP contribution in [-0.4, -0.2) is 41.0 Å². The van der Waals surface area contributed by atoms with Gasteiger partial charge in [-0.3, -0.25) is 15.0 Å². The van der Waals surface area contributed by atoms with Crippen LogP contribution in [0.1, 0.15) is 12.8 Å². The van der Waals surface area contributed by atoms with E-state index in [0.717, 1.165) is 19.6 Å². The van der Waals surface area contributed by atoms with E-state index in [1.807, 2.05) is 0 Å². The number of rotatable bonds is 5. The summed E-state index contributed by atoms with van der Waals surface area (Å²) < 4.78 is 5.43. The summed E-state index contributed by atoms with van der Waals surface area (Å²) in [5.74, 6) is 0.440. The van der Waals surface area contributed by atoms with E-state index in [-0.39, 0.29) is 5.69 Å². The molecule has 0 radical (unpaired) electrons. The Hall–Kier alpha value is -1.69. The summed E-state index contributed by atoms with van der Waals surface area (Å²) in [5.41, 5.74) is -0.0168. The highest BCUT2D eigenvalue weighted by atomic mass is 16.6. The first-order chi connectivity index (χ1) is 8.25. The zero-order valence-electron chi connectivity index (χ0n) is 9.54. The number of likely N-dealkylation sites (tertiary alicyclic amines) is 1. The summed E-state index contributed by atoms with van der Waals surface area (Å²) in [6.45, 7) is 3.73. The van der Waals surface area contributed by atoms with Gasteiger partial charge in [-0.1, -0.05) is 0 Å². The molecule has 0 unspecified atom stereocenters. The third-order valence-electron chi connectivity index (χ3n) is 2.79. The molecule has 1 aromatic heterocycles. The number of pyridine rings is 1. The van der Waals surface area contributed by atoms with Crippen molar-refractivity contribution in [2.24, 2.45) is 0 Å². The molecule has 0 atom stereocenters. The highest BCUT2D eigenvalue weighted by molar-refractivity contribution is 5.28. The Labute approximate surface area is 99.4 Å². The van der Waals surface area contributed by atoms with Crippen molar-refractivity contribution in [2.75, 3.05) is 26.2 Å². The van der Waals surface area contributed by atoms with Gasteiger partial charge in [0.2, 0.25) is 5.88 Å². The largest absolute Gasteiger partial charge is 0.476 e. The molecule has 17 heavy (non-hydrogen) atoms. The zero-order valence-corrected chi connectivity index (χ0v) is 9.54. The first kappa shape index (κ1) is 11.8. The molecule has 1 aliphatic heterocycles. The summed E-state index contributed by atoms with van der Waals surface area (Å²) >= 11 is 0. The van der Waals surface area contributed by atoms with Gasteiger partial charge in [0.05, 0.1) is 4.92 Å². The van der Waals surface area contributed by atoms with Crippen molar-refractivity contribution >= 4 is 5.69 Å². The van der Waals surface area contributed by atoms with E-state index >= 15 is 0 Å². The summed E-state index contributed by atoms with van der Waals surface area (Å²) in [5, 5.41) is 10.4. The van der Waals surface area contributed by atoms with Gasteiger partial charge in [-0.15, -0.1) is 0 Å². The van der Waals surface area contributed by atoms with Gasteiger partial charge in [0.25, 0.3) is 5.69 Å². The van der Waals surface area contributed by atoms with E-state index in [1.54, 1.807) is 0 Å². The predicted molar refractivity (Wildman–Crippen MR) is 62.1 cm³/mol. The van der Waals surface area contributed by atoms with E-state index in [2.05, 4.69) is 9.88 Å². The van der Waals surface area contributed by atoms with Crippen LogP contribution in [0.2, 0.25) is 0 Å². The molecule has 1 fully saturated rings. The van der Waals surface area contributed by atoms with Gasteiger partial charge < -0.3 is 4.74 Å². The van der Waals surface area contributed by atoms with E-state index in [4.69, 9.17) is 4.74 Å². The Morgan fingerprint density at radius 3 is 2.76 bits per heavy atom. The van der Waals surface area contributed by atoms with Gasteiger partial charge in [-0.05, 0) is 25.9 Å². The van der Waals surface area contributed by atoms with Crippen LogP contribution in [0.3, 0.4) is 0 Å². The van der Waals surface area contributed by atoms with Crippen LogP contribution in [0.25, 0.3) is 0 Å². The molecule has 2 rings (SSSR count). The Morgan fingerprint density at radius 2 is 2.18 bits per heavy atom. The molecule has 6 heteroatoms. The lowest BCUT2D eigenvalue weighted by Gasteiger charge is -2.14. The van der Waals surface area contributed by atoms with Crippen molar-refractivity contribution in [1.82, 2.24) is 9.88 Å². The molecule has 0 N–H and O–H groups in total. The molecule has 6 nitrogen and oxygen atoms in total. The van der Waals surface area contributed by atoms with E-state index in [0.29, 0.717) is 12.5 Å². The number of hydrogen-bond donors (Lipinski definition) is 0. The first-order valence-electron chi connectivity index (χ1n) is 5.71. The number of nitrogens with zero attached hydrogens (tertiary/aromatic N) is 3. The van der Waals surface area contributed by atoms with Crippen molar-refractivity contribution in [3.05, 3.63) is 28.4 Å². The summed E-state index contributed by atoms with van der Waals surface area (Å²) in [7, 11) is 0. The molecule has 0 bridgehead atoms. The van der Waals surface area contributed by atoms with Gasteiger partial charge in [0, 0.05) is 18.7 Å². The molecule has 1 aromatic rings. The zero-order chi connectivity index (χ0) is 12.1. The summed E-state index contributed by atoms with van der Waals surface area (Å²) in [4.78, 5) is 16.2. The Morgan fingerprint density at radius 1 is 1.41 bits per heavy atom. The van der Waals surface area contributed by atoms with E-state index in [1.165, 1.54) is 31.2 Å². The van der Waals surface area contributed by atoms with Gasteiger partial charge in [0.15, 0.2) is 0 Å². The molecule has 92 valence electrons. The average Bonchev–Trinajstić information content (AvgIpc) is 2.83. The van der Waals surface area contributed by atoms with Crippen LogP contribution in [0.15, 0.2) is 18.3 Å². The summed E-state index contributed by atoms with van der Waals surface area (Å²) in [6, 6.07) is 2.93. The fourth-order valence-corrected chi connectivity index (χ4v) is 1.85. The van der Waals surface area contributed by atoms with Gasteiger partial charge >= 0.3 is 0 Å². The van der Waals surface area contributed by atoms with Crippen molar-refractivity contribution in [1.29, 1.82) is 0 Å². The lowest BCUT2D eigenvalue weighted by molar-refractivity contribution is -0.385. The first-order valence-corrected chi connectivity index (χ1v) is 5.71. The third kappa shape index (κ3) is 3.39. The number of ether oxygens (including phenoxy) is 1. The molecule has 0 spiro atoms. The lowest BCUT2D eigenvalue weighted by atomic mass is 10.4. The quantitative estimate of drug-likeness (QED) is 0.573. The maximum absolute atomic E-state index is 10.4. The lowest BCUT2D eigenvalue weighted by Crippen LogP contribution is -2.25. The Balaban J connectivity index is 1.76. The minimum absolute atomic E-state index is 0.0168. The molecular formula is C11H15N3O3. The minimum atomic E-state index is -0.471. The van der Waals surface area contributed by atoms with Crippen LogP contribution >= 0.6 is 0 Å². The van der Waals surface area contributed by atoms with E-state index < -0.39 is 4.92 Å². The normalized spacial score (nSPS) is 16.0. The second kappa shape index (κ2) is 5.58. The Bertz CT molecular complexity index is 374. The molecule has 2 heterocycles. The maximum Gasteiger partial charge on any atom is 0.287 e. The molecule has 1 aliphatic rings. The van der Waals surface area contributed by atoms with Crippen LogP contribution in [0.4, 0.5) is 5.69 Å². The number of aromatic nitrogens is 1. The summed E-state index contributed by atoms with van der Waals surface area (Å²) in [6.07, 6.45) is 3.73. The molecule has 1 saturated heterocycles. The highest BCUT2D eigenvalue weighted by Gasteiger charge is 2.11. The highest BCUT2D eigenvalue weighted by Crippen LogP contribution is 2.13. The fraction of sp³-hybridized carbons (Fsp3) is 0.545. The van der Waals surface area contributed by atoms with Crippen molar-refractivity contribution in [3.8, 4) is 5.88 Å². The molecule has 0 amide bonds. The molecular weight excluding hydrogens is 222 g/mol. The van der Waals surface area contributed by atoms with Crippen LogP contribution in [-0.2, 0) is 0 Å². The molecule has 0 saturated carbocycles. The average molecular weight is 237 g/mol. The predicted octanol–water partition coefficient (Wildman–Crippen LogP) is 1.46. The van der Waals surface area contributed by atoms with Crippen molar-refractivity contribution in [2.45, 2.75) is 12.8 Å². The molecule has 0 aliphatic carbocycles. The third-order valence-corrected chi connectivity index (χ3v) is 2.79. The van der Waals surface area contributed by atoms with Gasteiger partial charge in [-0.2, -0.15) is 0 Å². The van der Waals surface area contributed by atoms with E-state index in [9.17, 15) is 10.1 Å². The minimum Gasteiger partial charge on any atom is -0.476 e. The molecule has 0 aromatic carbocycles. The topological polar surface area (TPSA) is 68.5 Å². The number of hydrogen-bond acceptors (Lipinski definition) is 5. The van der Waals surface area contributed by atoms with Crippen LogP contribution < -0.4 is 4.74 Å². The smallest absolute Gasteiger partial charge is 0.287 e. The van der Waals surface area contributed by atoms with Crippen LogP contribution in [0, 0.1) is 10.1 Å². The second-order valence-corrected chi connectivity index (χ2v) is 4.01. The van der Waals surface area contributed by atoms with Gasteiger partial charge in [0.1, 0.15) is 12.8 Å². The number of nitro groups is 1. The Kier molecular flexibility index (Phi) is 3.87. The van der Waals surface area contributed by atoms with Crippen molar-refractivity contribution < 1.29 is 9.66 Å². The SMILES string of the molecule is O=[N+]([O-])c1ccc(OCCN2CCCC2)nc1. The monoisotopic (exact) mass is 237 g/mol. The standard InChI is InChI=1S/C11H15N3O3/c15-14(16)10-3-4-11(12-9-10)17-8-7-13-5-1-2-6-13/h3-4,9H,1-2,5-8H2.